The molecule has 1 fully saturated rings. The van der Waals surface area contributed by atoms with Crippen LogP contribution >= 0.6 is 0 Å². The molecular weight excluding hydrogens is 296 g/mol. The minimum absolute atomic E-state index is 0.0904. The number of amides is 1. The van der Waals surface area contributed by atoms with Gasteiger partial charge >= 0.3 is 12.1 Å². The van der Waals surface area contributed by atoms with E-state index in [4.69, 9.17) is 15.2 Å². The Balaban J connectivity index is 2.01. The Kier molecular flexibility index (Phi) is 4.94. The molecule has 0 heterocycles. The first-order valence-electron chi connectivity index (χ1n) is 7.70. The molecule has 2 N–H and O–H groups in total. The molecular formula is C17H24N2O4. The summed E-state index contributed by atoms with van der Waals surface area (Å²) in [5.74, 6) is -0.424. The molecule has 1 aliphatic carbocycles. The second-order valence-electron chi connectivity index (χ2n) is 6.68. The molecule has 1 amide bonds. The number of nitrogens with two attached hydrogens (primary N) is 1. The number of ether oxygens (including phenoxy) is 2. The van der Waals surface area contributed by atoms with Crippen molar-refractivity contribution >= 4 is 12.1 Å². The first-order chi connectivity index (χ1) is 10.8. The molecule has 6 heteroatoms. The number of carbonyl (C=O) groups excluding carboxylic acids is 2. The van der Waals surface area contributed by atoms with Crippen LogP contribution in [0.4, 0.5) is 4.79 Å². The molecule has 1 aromatic rings. The highest BCUT2D eigenvalue weighted by Crippen LogP contribution is 2.43. The smallest absolute Gasteiger partial charge is 0.412 e. The van der Waals surface area contributed by atoms with Crippen molar-refractivity contribution in [2.45, 2.75) is 51.4 Å². The predicted molar refractivity (Wildman–Crippen MR) is 85.3 cm³/mol. The van der Waals surface area contributed by atoms with E-state index in [0.29, 0.717) is 12.8 Å². The minimum atomic E-state index is -0.976. The van der Waals surface area contributed by atoms with Crippen LogP contribution in [0.1, 0.15) is 39.2 Å². The molecule has 0 radical (unpaired) electrons. The molecule has 1 aromatic carbocycles. The lowest BCUT2D eigenvalue weighted by Crippen LogP contribution is -2.52. The molecule has 1 aliphatic rings. The van der Waals surface area contributed by atoms with Gasteiger partial charge in [0.05, 0.1) is 6.67 Å². The lowest BCUT2D eigenvalue weighted by molar-refractivity contribution is -0.162. The number of rotatable bonds is 5. The Hall–Kier alpha value is -2.08. The molecule has 0 spiro atoms. The van der Waals surface area contributed by atoms with Crippen molar-refractivity contribution in [2.75, 3.05) is 6.67 Å². The van der Waals surface area contributed by atoms with E-state index in [1.54, 1.807) is 20.8 Å². The predicted octanol–water partition coefficient (Wildman–Crippen LogP) is 2.42. The molecule has 0 bridgehead atoms. The van der Waals surface area contributed by atoms with Crippen molar-refractivity contribution in [1.82, 2.24) is 4.90 Å². The second kappa shape index (κ2) is 6.58. The lowest BCUT2D eigenvalue weighted by Gasteiger charge is -2.31. The normalized spacial score (nSPS) is 15.7. The molecule has 0 atom stereocenters. The molecule has 2 rings (SSSR count). The maximum Gasteiger partial charge on any atom is 0.412 e. The highest BCUT2D eigenvalue weighted by Gasteiger charge is 2.59. The van der Waals surface area contributed by atoms with Crippen molar-refractivity contribution in [1.29, 1.82) is 0 Å². The van der Waals surface area contributed by atoms with Crippen LogP contribution in [0, 0.1) is 0 Å². The van der Waals surface area contributed by atoms with Crippen molar-refractivity contribution in [3.63, 3.8) is 0 Å². The third-order valence-corrected chi connectivity index (χ3v) is 3.63. The fraction of sp³-hybridized carbons (Fsp3) is 0.529. The number of nitrogens with zero attached hydrogens (tertiary/aromatic N) is 1. The van der Waals surface area contributed by atoms with Gasteiger partial charge in [0, 0.05) is 0 Å². The number of esters is 1. The van der Waals surface area contributed by atoms with Crippen LogP contribution in [0.15, 0.2) is 30.3 Å². The van der Waals surface area contributed by atoms with Gasteiger partial charge < -0.3 is 15.2 Å². The Morgan fingerprint density at radius 2 is 1.83 bits per heavy atom. The van der Waals surface area contributed by atoms with Crippen LogP contribution < -0.4 is 5.73 Å². The maximum absolute atomic E-state index is 12.4. The zero-order valence-corrected chi connectivity index (χ0v) is 13.9. The fourth-order valence-electron chi connectivity index (χ4n) is 2.30. The molecule has 0 aliphatic heterocycles. The van der Waals surface area contributed by atoms with Crippen LogP contribution in [0.3, 0.4) is 0 Å². The number of hydrogen-bond acceptors (Lipinski definition) is 5. The quantitative estimate of drug-likeness (QED) is 0.665. The minimum Gasteiger partial charge on any atom is -0.458 e. The van der Waals surface area contributed by atoms with Gasteiger partial charge in [0.2, 0.25) is 0 Å². The van der Waals surface area contributed by atoms with E-state index in [-0.39, 0.29) is 13.3 Å². The van der Waals surface area contributed by atoms with Gasteiger partial charge in [-0.1, -0.05) is 30.3 Å². The van der Waals surface area contributed by atoms with E-state index in [0.717, 1.165) is 5.56 Å². The van der Waals surface area contributed by atoms with Gasteiger partial charge in [-0.3, -0.25) is 4.90 Å². The van der Waals surface area contributed by atoms with Crippen LogP contribution in [0.25, 0.3) is 0 Å². The van der Waals surface area contributed by atoms with E-state index in [9.17, 15) is 9.59 Å². The van der Waals surface area contributed by atoms with Gasteiger partial charge in [-0.2, -0.15) is 0 Å². The monoisotopic (exact) mass is 320 g/mol. The Morgan fingerprint density at radius 1 is 1.22 bits per heavy atom. The Morgan fingerprint density at radius 3 is 2.30 bits per heavy atom. The number of benzene rings is 1. The first-order valence-corrected chi connectivity index (χ1v) is 7.70. The first kappa shape index (κ1) is 17.3. The van der Waals surface area contributed by atoms with Gasteiger partial charge in [0.25, 0.3) is 0 Å². The summed E-state index contributed by atoms with van der Waals surface area (Å²) in [6.45, 7) is 5.43. The average Bonchev–Trinajstić information content (AvgIpc) is 3.27. The molecule has 1 saturated carbocycles. The molecule has 126 valence electrons. The largest absolute Gasteiger partial charge is 0.458 e. The van der Waals surface area contributed by atoms with Gasteiger partial charge in [-0.05, 0) is 39.2 Å². The Bertz CT molecular complexity index is 562. The molecule has 0 aromatic heterocycles. The van der Waals surface area contributed by atoms with E-state index in [2.05, 4.69) is 0 Å². The zero-order chi connectivity index (χ0) is 17.1. The highest BCUT2D eigenvalue weighted by atomic mass is 16.6. The summed E-state index contributed by atoms with van der Waals surface area (Å²) in [7, 11) is 0. The van der Waals surface area contributed by atoms with Crippen LogP contribution in [-0.4, -0.2) is 34.8 Å². The van der Waals surface area contributed by atoms with Crippen molar-refractivity contribution < 1.29 is 19.1 Å². The summed E-state index contributed by atoms with van der Waals surface area (Å²) in [4.78, 5) is 26.0. The van der Waals surface area contributed by atoms with Gasteiger partial charge in [-0.15, -0.1) is 0 Å². The Labute approximate surface area is 136 Å². The topological polar surface area (TPSA) is 81.9 Å². The summed E-state index contributed by atoms with van der Waals surface area (Å²) < 4.78 is 10.7. The number of hydrogen-bond donors (Lipinski definition) is 1. The van der Waals surface area contributed by atoms with Crippen LogP contribution in [0.2, 0.25) is 0 Å². The molecule has 0 saturated heterocycles. The zero-order valence-electron chi connectivity index (χ0n) is 13.9. The van der Waals surface area contributed by atoms with Crippen molar-refractivity contribution in [2.24, 2.45) is 5.73 Å². The van der Waals surface area contributed by atoms with Gasteiger partial charge in [0.1, 0.15) is 17.7 Å². The standard InChI is InChI=1S/C17H24N2O4/c1-16(2,3)23-14(20)17(9-10-17)19(12-18)15(21)22-11-13-7-5-4-6-8-13/h4-8H,9-12,18H2,1-3H3. The second-order valence-corrected chi connectivity index (χ2v) is 6.68. The third-order valence-electron chi connectivity index (χ3n) is 3.63. The summed E-state index contributed by atoms with van der Waals surface area (Å²) in [6, 6.07) is 9.35. The highest BCUT2D eigenvalue weighted by molar-refractivity contribution is 5.89. The molecule has 23 heavy (non-hydrogen) atoms. The van der Waals surface area contributed by atoms with Crippen LogP contribution in [-0.2, 0) is 20.9 Å². The summed E-state index contributed by atoms with van der Waals surface area (Å²) >= 11 is 0. The molecule has 6 nitrogen and oxygen atoms in total. The van der Waals surface area contributed by atoms with Gasteiger partial charge in [-0.25, -0.2) is 9.59 Å². The average molecular weight is 320 g/mol. The van der Waals surface area contributed by atoms with E-state index < -0.39 is 23.2 Å². The van der Waals surface area contributed by atoms with Crippen LogP contribution in [0.5, 0.6) is 0 Å². The SMILES string of the molecule is CC(C)(C)OC(=O)C1(N(CN)C(=O)OCc2ccccc2)CC1. The van der Waals surface area contributed by atoms with E-state index in [1.807, 2.05) is 30.3 Å². The maximum atomic E-state index is 12.4. The third kappa shape index (κ3) is 4.22. The summed E-state index contributed by atoms with van der Waals surface area (Å²) in [5, 5.41) is 0. The number of carbonyl (C=O) groups is 2. The summed E-state index contributed by atoms with van der Waals surface area (Å²) in [5.41, 5.74) is 4.98. The van der Waals surface area contributed by atoms with Crippen molar-refractivity contribution in [3.05, 3.63) is 35.9 Å². The van der Waals surface area contributed by atoms with E-state index in [1.165, 1.54) is 4.90 Å². The van der Waals surface area contributed by atoms with Crippen molar-refractivity contribution in [3.8, 4) is 0 Å². The van der Waals surface area contributed by atoms with E-state index >= 15 is 0 Å². The van der Waals surface area contributed by atoms with Gasteiger partial charge in [0.15, 0.2) is 0 Å². The fourth-order valence-corrected chi connectivity index (χ4v) is 2.30. The summed E-state index contributed by atoms with van der Waals surface area (Å²) in [6.07, 6.45) is 0.485. The lowest BCUT2D eigenvalue weighted by atomic mass is 10.1. The molecule has 0 unspecified atom stereocenters.